The van der Waals surface area contributed by atoms with E-state index >= 15 is 0 Å². The zero-order valence-electron chi connectivity index (χ0n) is 47.0. The monoisotopic (exact) mass is 991 g/mol. The third-order valence-corrected chi connectivity index (χ3v) is 13.2. The molecule has 0 rings (SSSR count). The molecule has 0 aromatic carbocycles. The highest BCUT2D eigenvalue weighted by Gasteiger charge is 2.19. The smallest absolute Gasteiger partial charge is 0.306 e. The molecular formula is C65H114O6. The number of ether oxygens (including phenoxy) is 3. The van der Waals surface area contributed by atoms with Crippen molar-refractivity contribution < 1.29 is 28.6 Å². The largest absolute Gasteiger partial charge is 0.462 e. The Hall–Kier alpha value is -3.15. The van der Waals surface area contributed by atoms with Crippen molar-refractivity contribution in [1.29, 1.82) is 0 Å². The van der Waals surface area contributed by atoms with Gasteiger partial charge in [0.2, 0.25) is 0 Å². The van der Waals surface area contributed by atoms with Gasteiger partial charge in [0, 0.05) is 19.3 Å². The highest BCUT2D eigenvalue weighted by Crippen LogP contribution is 2.15. The average molecular weight is 992 g/mol. The predicted octanol–water partition coefficient (Wildman–Crippen LogP) is 20.5. The second-order valence-electron chi connectivity index (χ2n) is 20.2. The summed E-state index contributed by atoms with van der Waals surface area (Å²) >= 11 is 0. The number of allylic oxidation sites excluding steroid dienone is 12. The molecular weight excluding hydrogens is 877 g/mol. The van der Waals surface area contributed by atoms with Gasteiger partial charge in [0.25, 0.3) is 0 Å². The van der Waals surface area contributed by atoms with Gasteiger partial charge < -0.3 is 14.2 Å². The Bertz CT molecular complexity index is 1320. The van der Waals surface area contributed by atoms with E-state index in [1.165, 1.54) is 186 Å². The zero-order valence-corrected chi connectivity index (χ0v) is 47.0. The van der Waals surface area contributed by atoms with Gasteiger partial charge in [0.1, 0.15) is 13.2 Å². The Labute approximate surface area is 440 Å². The van der Waals surface area contributed by atoms with Gasteiger partial charge in [0.05, 0.1) is 0 Å². The molecule has 0 fully saturated rings. The molecule has 0 bridgehead atoms. The first-order chi connectivity index (χ1) is 35.0. The fraction of sp³-hybridized carbons (Fsp3) is 0.769. The fourth-order valence-corrected chi connectivity index (χ4v) is 8.54. The van der Waals surface area contributed by atoms with Crippen LogP contribution in [-0.2, 0) is 28.6 Å². The lowest BCUT2D eigenvalue weighted by atomic mass is 10.0. The van der Waals surface area contributed by atoms with E-state index in [0.717, 1.165) is 70.6 Å². The number of esters is 3. The van der Waals surface area contributed by atoms with E-state index in [0.29, 0.717) is 19.3 Å². The fourth-order valence-electron chi connectivity index (χ4n) is 8.54. The molecule has 0 saturated carbocycles. The van der Waals surface area contributed by atoms with Crippen molar-refractivity contribution in [3.8, 4) is 0 Å². The maximum atomic E-state index is 12.8. The summed E-state index contributed by atoms with van der Waals surface area (Å²) in [4.78, 5) is 38.2. The number of rotatable bonds is 55. The Morgan fingerprint density at radius 3 is 0.873 bits per heavy atom. The molecule has 0 aliphatic rings. The van der Waals surface area contributed by atoms with Gasteiger partial charge in [-0.25, -0.2) is 0 Å². The molecule has 0 unspecified atom stereocenters. The van der Waals surface area contributed by atoms with E-state index in [1.54, 1.807) is 0 Å². The molecule has 0 N–H and O–H groups in total. The lowest BCUT2D eigenvalue weighted by Crippen LogP contribution is -2.30. The van der Waals surface area contributed by atoms with Gasteiger partial charge in [-0.2, -0.15) is 0 Å². The van der Waals surface area contributed by atoms with E-state index in [9.17, 15) is 14.4 Å². The topological polar surface area (TPSA) is 78.9 Å². The summed E-state index contributed by atoms with van der Waals surface area (Å²) < 4.78 is 16.8. The first kappa shape index (κ1) is 67.8. The standard InChI is InChI=1S/C65H114O6/c1-4-7-10-13-16-19-22-25-28-30-31-32-33-35-37-40-43-46-49-52-55-58-64(67)70-61-62(60-69-63(66)57-54-51-48-45-42-39-36-27-24-21-18-15-12-9-6-3)71-65(68)59-56-53-50-47-44-41-38-34-29-26-23-20-17-14-11-8-5-2/h17,20,25-29,36,38,41,47,50,62H,4-16,18-19,21-24,30-35,37,39-40,42-46,48-49,51-61H2,1-3H3/b20-17-,28-25-,29-26-,36-27-,41-38-,50-47-/t62-/m0/s1. The summed E-state index contributed by atoms with van der Waals surface area (Å²) in [5, 5.41) is 0. The molecule has 71 heavy (non-hydrogen) atoms. The molecule has 0 saturated heterocycles. The van der Waals surface area contributed by atoms with Crippen molar-refractivity contribution >= 4 is 17.9 Å². The van der Waals surface area contributed by atoms with Gasteiger partial charge >= 0.3 is 17.9 Å². The number of hydrogen-bond acceptors (Lipinski definition) is 6. The second kappa shape index (κ2) is 59.4. The molecule has 0 heterocycles. The molecule has 0 radical (unpaired) electrons. The van der Waals surface area contributed by atoms with Crippen LogP contribution < -0.4 is 0 Å². The van der Waals surface area contributed by atoms with Crippen LogP contribution in [0.5, 0.6) is 0 Å². The van der Waals surface area contributed by atoms with E-state index in [-0.39, 0.29) is 37.5 Å². The van der Waals surface area contributed by atoms with Gasteiger partial charge in [-0.15, -0.1) is 0 Å². The summed E-state index contributed by atoms with van der Waals surface area (Å²) in [5.41, 5.74) is 0. The van der Waals surface area contributed by atoms with E-state index < -0.39 is 6.10 Å². The minimum atomic E-state index is -0.808. The van der Waals surface area contributed by atoms with E-state index in [1.807, 2.05) is 0 Å². The van der Waals surface area contributed by atoms with Crippen LogP contribution in [0.25, 0.3) is 0 Å². The maximum Gasteiger partial charge on any atom is 0.306 e. The Kier molecular flexibility index (Phi) is 56.8. The van der Waals surface area contributed by atoms with Crippen LogP contribution in [-0.4, -0.2) is 37.2 Å². The number of unbranched alkanes of at least 4 members (excludes halogenated alkanes) is 32. The second-order valence-corrected chi connectivity index (χ2v) is 20.2. The van der Waals surface area contributed by atoms with Crippen LogP contribution in [0.2, 0.25) is 0 Å². The van der Waals surface area contributed by atoms with Crippen LogP contribution in [0.3, 0.4) is 0 Å². The molecule has 1 atom stereocenters. The van der Waals surface area contributed by atoms with E-state index in [4.69, 9.17) is 14.2 Å². The number of carbonyl (C=O) groups is 3. The third-order valence-electron chi connectivity index (χ3n) is 13.2. The van der Waals surface area contributed by atoms with Crippen molar-refractivity contribution in [3.63, 3.8) is 0 Å². The molecule has 410 valence electrons. The Morgan fingerprint density at radius 1 is 0.282 bits per heavy atom. The van der Waals surface area contributed by atoms with Crippen LogP contribution in [0, 0.1) is 0 Å². The van der Waals surface area contributed by atoms with Crippen molar-refractivity contribution in [1.82, 2.24) is 0 Å². The van der Waals surface area contributed by atoms with Crippen LogP contribution >= 0.6 is 0 Å². The predicted molar refractivity (Wildman–Crippen MR) is 307 cm³/mol. The van der Waals surface area contributed by atoms with Gasteiger partial charge in [-0.1, -0.05) is 248 Å². The van der Waals surface area contributed by atoms with Crippen LogP contribution in [0.1, 0.15) is 303 Å². The van der Waals surface area contributed by atoms with Crippen molar-refractivity contribution in [2.75, 3.05) is 13.2 Å². The molecule has 0 spiro atoms. The Morgan fingerprint density at radius 2 is 0.521 bits per heavy atom. The Balaban J connectivity index is 4.42. The molecule has 0 aromatic rings. The van der Waals surface area contributed by atoms with Crippen LogP contribution in [0.15, 0.2) is 72.9 Å². The maximum absolute atomic E-state index is 12.8. The first-order valence-corrected chi connectivity index (χ1v) is 30.4. The zero-order chi connectivity index (χ0) is 51.4. The number of carbonyl (C=O) groups excluding carboxylic acids is 3. The summed E-state index contributed by atoms with van der Waals surface area (Å²) in [6.07, 6.45) is 76.2. The van der Waals surface area contributed by atoms with Crippen molar-refractivity contribution in [2.45, 2.75) is 309 Å². The SMILES string of the molecule is CCCCC/C=C\C/C=C\C/C=C\C/C=C\CCCC(=O)O[C@@H](COC(=O)CCCCCCC/C=C\CCCCCCCC)COC(=O)CCCCCCCCCCCCC/C=C\CCCCCCCC. The highest BCUT2D eigenvalue weighted by atomic mass is 16.6. The quantitative estimate of drug-likeness (QED) is 0.0261. The number of hydrogen-bond donors (Lipinski definition) is 0. The molecule has 0 aromatic heterocycles. The molecule has 6 nitrogen and oxygen atoms in total. The van der Waals surface area contributed by atoms with Gasteiger partial charge in [-0.3, -0.25) is 14.4 Å². The van der Waals surface area contributed by atoms with E-state index in [2.05, 4.69) is 93.7 Å². The van der Waals surface area contributed by atoms with Gasteiger partial charge in [0.15, 0.2) is 6.10 Å². The third kappa shape index (κ3) is 57.6. The first-order valence-electron chi connectivity index (χ1n) is 30.4. The van der Waals surface area contributed by atoms with Crippen molar-refractivity contribution in [2.24, 2.45) is 0 Å². The molecule has 0 aliphatic carbocycles. The summed E-state index contributed by atoms with van der Waals surface area (Å²) in [6.45, 7) is 6.58. The highest BCUT2D eigenvalue weighted by molar-refractivity contribution is 5.71. The normalized spacial score (nSPS) is 12.5. The lowest BCUT2D eigenvalue weighted by molar-refractivity contribution is -0.167. The summed E-state index contributed by atoms with van der Waals surface area (Å²) in [6, 6.07) is 0. The lowest BCUT2D eigenvalue weighted by Gasteiger charge is -2.18. The van der Waals surface area contributed by atoms with Gasteiger partial charge in [-0.05, 0) is 109 Å². The van der Waals surface area contributed by atoms with Crippen LogP contribution in [0.4, 0.5) is 0 Å². The minimum absolute atomic E-state index is 0.0988. The van der Waals surface area contributed by atoms with Crippen molar-refractivity contribution in [3.05, 3.63) is 72.9 Å². The minimum Gasteiger partial charge on any atom is -0.462 e. The summed E-state index contributed by atoms with van der Waals surface area (Å²) in [7, 11) is 0. The average Bonchev–Trinajstić information content (AvgIpc) is 3.37. The molecule has 6 heteroatoms. The summed E-state index contributed by atoms with van der Waals surface area (Å²) in [5.74, 6) is -0.954. The molecule has 0 aliphatic heterocycles. The molecule has 0 amide bonds.